The first-order chi connectivity index (χ1) is 12.1. The van der Waals surface area contributed by atoms with Crippen LogP contribution >= 0.6 is 15.9 Å². The molecule has 6 nitrogen and oxygen atoms in total. The fourth-order valence-corrected chi connectivity index (χ4v) is 2.74. The van der Waals surface area contributed by atoms with Crippen molar-refractivity contribution in [2.75, 3.05) is 10.6 Å². The molecule has 1 aromatic carbocycles. The Morgan fingerprint density at radius 1 is 1.08 bits per heavy atom. The lowest BCUT2D eigenvalue weighted by Gasteiger charge is -2.08. The van der Waals surface area contributed by atoms with Gasteiger partial charge in [-0.15, -0.1) is 10.2 Å². The summed E-state index contributed by atoms with van der Waals surface area (Å²) in [7, 11) is 0. The molecular formula is C18H16BrN5O. The highest BCUT2D eigenvalue weighted by atomic mass is 79.9. The number of nitrogens with one attached hydrogen (secondary N) is 2. The fraction of sp³-hybridized carbons (Fsp3) is 0.111. The van der Waals surface area contributed by atoms with Crippen molar-refractivity contribution >= 4 is 33.3 Å². The minimum Gasteiger partial charge on any atom is -0.365 e. The molecule has 0 aliphatic rings. The molecule has 0 atom stereocenters. The number of hydrogen-bond acceptors (Lipinski definition) is 5. The standard InChI is InChI=1S/C18H16BrN5O/c1-12-2-3-15(14(19)10-12)22-18(25)16-4-5-17(24-23-16)21-11-13-6-8-20-9-7-13/h2-10H,11H2,1H3,(H,21,24)(H,22,25). The highest BCUT2D eigenvalue weighted by Crippen LogP contribution is 2.23. The van der Waals surface area contributed by atoms with E-state index in [1.807, 2.05) is 37.3 Å². The number of hydrogen-bond donors (Lipinski definition) is 2. The number of benzene rings is 1. The number of carbonyl (C=O) groups excluding carboxylic acids is 1. The number of aromatic nitrogens is 3. The number of pyridine rings is 1. The van der Waals surface area contributed by atoms with Crippen LogP contribution in [0.2, 0.25) is 0 Å². The van der Waals surface area contributed by atoms with Crippen molar-refractivity contribution in [3.05, 3.63) is 76.2 Å². The molecule has 0 aliphatic carbocycles. The van der Waals surface area contributed by atoms with E-state index in [4.69, 9.17) is 0 Å². The van der Waals surface area contributed by atoms with E-state index < -0.39 is 0 Å². The number of aryl methyl sites for hydroxylation is 1. The topological polar surface area (TPSA) is 79.8 Å². The van der Waals surface area contributed by atoms with Gasteiger partial charge in [0, 0.05) is 23.4 Å². The summed E-state index contributed by atoms with van der Waals surface area (Å²) in [5.74, 6) is 0.294. The molecule has 2 aromatic heterocycles. The predicted octanol–water partition coefficient (Wildman–Crippen LogP) is 3.81. The molecule has 126 valence electrons. The van der Waals surface area contributed by atoms with Crippen LogP contribution in [0.15, 0.2) is 59.3 Å². The first-order valence-electron chi connectivity index (χ1n) is 7.66. The van der Waals surface area contributed by atoms with Gasteiger partial charge >= 0.3 is 0 Å². The van der Waals surface area contributed by atoms with Gasteiger partial charge in [0.15, 0.2) is 5.69 Å². The van der Waals surface area contributed by atoms with Gasteiger partial charge in [0.05, 0.1) is 5.69 Å². The van der Waals surface area contributed by atoms with Crippen molar-refractivity contribution in [3.8, 4) is 0 Å². The number of nitrogens with zero attached hydrogens (tertiary/aromatic N) is 3. The van der Waals surface area contributed by atoms with Crippen LogP contribution in [0, 0.1) is 6.92 Å². The Balaban J connectivity index is 1.62. The van der Waals surface area contributed by atoms with Crippen molar-refractivity contribution in [2.24, 2.45) is 0 Å². The molecule has 7 heteroatoms. The maximum atomic E-state index is 12.3. The van der Waals surface area contributed by atoms with Crippen LogP contribution in [0.25, 0.3) is 0 Å². The molecule has 0 aliphatic heterocycles. The minimum absolute atomic E-state index is 0.252. The SMILES string of the molecule is Cc1ccc(NC(=O)c2ccc(NCc3ccncc3)nn2)c(Br)c1. The zero-order chi connectivity index (χ0) is 17.6. The summed E-state index contributed by atoms with van der Waals surface area (Å²) in [4.78, 5) is 16.3. The van der Waals surface area contributed by atoms with Crippen LogP contribution in [0.1, 0.15) is 21.6 Å². The van der Waals surface area contributed by atoms with Gasteiger partial charge in [0.2, 0.25) is 0 Å². The normalized spacial score (nSPS) is 10.3. The molecule has 3 rings (SSSR count). The zero-order valence-electron chi connectivity index (χ0n) is 13.5. The van der Waals surface area contributed by atoms with Crippen LogP contribution in [-0.4, -0.2) is 21.1 Å². The van der Waals surface area contributed by atoms with Gasteiger partial charge in [0.25, 0.3) is 5.91 Å². The first-order valence-corrected chi connectivity index (χ1v) is 8.45. The molecule has 0 fully saturated rings. The van der Waals surface area contributed by atoms with Crippen molar-refractivity contribution in [3.63, 3.8) is 0 Å². The minimum atomic E-state index is -0.308. The number of anilines is 2. The van der Waals surface area contributed by atoms with Crippen LogP contribution in [-0.2, 0) is 6.54 Å². The molecule has 0 spiro atoms. The van der Waals surface area contributed by atoms with E-state index in [1.54, 1.807) is 24.5 Å². The summed E-state index contributed by atoms with van der Waals surface area (Å²) in [5, 5.41) is 14.0. The lowest BCUT2D eigenvalue weighted by molar-refractivity contribution is 0.102. The van der Waals surface area contributed by atoms with Gasteiger partial charge < -0.3 is 10.6 Å². The van der Waals surface area contributed by atoms with Crippen molar-refractivity contribution < 1.29 is 4.79 Å². The van der Waals surface area contributed by atoms with Crippen LogP contribution < -0.4 is 10.6 Å². The van der Waals surface area contributed by atoms with Gasteiger partial charge in [-0.05, 0) is 70.4 Å². The molecule has 0 unspecified atom stereocenters. The highest BCUT2D eigenvalue weighted by Gasteiger charge is 2.10. The third kappa shape index (κ3) is 4.60. The van der Waals surface area contributed by atoms with E-state index in [1.165, 1.54) is 0 Å². The van der Waals surface area contributed by atoms with Crippen LogP contribution in [0.5, 0.6) is 0 Å². The highest BCUT2D eigenvalue weighted by molar-refractivity contribution is 9.10. The Bertz CT molecular complexity index is 868. The van der Waals surface area contributed by atoms with Gasteiger partial charge in [-0.1, -0.05) is 6.07 Å². The average molecular weight is 398 g/mol. The molecule has 3 aromatic rings. The maximum absolute atomic E-state index is 12.3. The molecule has 0 saturated carbocycles. The molecular weight excluding hydrogens is 382 g/mol. The maximum Gasteiger partial charge on any atom is 0.276 e. The molecule has 25 heavy (non-hydrogen) atoms. The summed E-state index contributed by atoms with van der Waals surface area (Å²) in [5.41, 5.74) is 3.14. The smallest absolute Gasteiger partial charge is 0.276 e. The van der Waals surface area contributed by atoms with Gasteiger partial charge in [-0.25, -0.2) is 0 Å². The lowest BCUT2D eigenvalue weighted by atomic mass is 10.2. The number of rotatable bonds is 5. The summed E-state index contributed by atoms with van der Waals surface area (Å²) >= 11 is 3.44. The van der Waals surface area contributed by atoms with Crippen LogP contribution in [0.3, 0.4) is 0 Å². The fourth-order valence-electron chi connectivity index (χ4n) is 2.15. The molecule has 1 amide bonds. The summed E-state index contributed by atoms with van der Waals surface area (Å²) in [6.07, 6.45) is 3.47. The second-order valence-corrected chi connectivity index (χ2v) is 6.30. The van der Waals surface area contributed by atoms with Crippen molar-refractivity contribution in [1.82, 2.24) is 15.2 Å². The second-order valence-electron chi connectivity index (χ2n) is 5.45. The van der Waals surface area contributed by atoms with Crippen LogP contribution in [0.4, 0.5) is 11.5 Å². The summed E-state index contributed by atoms with van der Waals surface area (Å²) < 4.78 is 0.824. The Hall–Kier alpha value is -2.80. The molecule has 2 N–H and O–H groups in total. The Morgan fingerprint density at radius 2 is 1.88 bits per heavy atom. The summed E-state index contributed by atoms with van der Waals surface area (Å²) in [6.45, 7) is 2.60. The van der Waals surface area contributed by atoms with E-state index in [-0.39, 0.29) is 11.6 Å². The molecule has 0 bridgehead atoms. The average Bonchev–Trinajstić information content (AvgIpc) is 2.63. The second kappa shape index (κ2) is 7.85. The van der Waals surface area contributed by atoms with E-state index >= 15 is 0 Å². The third-order valence-electron chi connectivity index (χ3n) is 3.49. The van der Waals surface area contributed by atoms with E-state index in [0.29, 0.717) is 18.1 Å². The van der Waals surface area contributed by atoms with E-state index in [9.17, 15) is 4.79 Å². The quantitative estimate of drug-likeness (QED) is 0.684. The zero-order valence-corrected chi connectivity index (χ0v) is 15.1. The molecule has 2 heterocycles. The van der Waals surface area contributed by atoms with Crippen molar-refractivity contribution in [2.45, 2.75) is 13.5 Å². The van der Waals surface area contributed by atoms with E-state index in [0.717, 1.165) is 15.6 Å². The van der Waals surface area contributed by atoms with E-state index in [2.05, 4.69) is 41.7 Å². The van der Waals surface area contributed by atoms with Gasteiger partial charge in [-0.2, -0.15) is 0 Å². The Kier molecular flexibility index (Phi) is 5.35. The predicted molar refractivity (Wildman–Crippen MR) is 100 cm³/mol. The lowest BCUT2D eigenvalue weighted by Crippen LogP contribution is -2.15. The number of amides is 1. The monoisotopic (exact) mass is 397 g/mol. The number of carbonyl (C=O) groups is 1. The van der Waals surface area contributed by atoms with Gasteiger partial charge in [-0.3, -0.25) is 9.78 Å². The Labute approximate surface area is 153 Å². The third-order valence-corrected chi connectivity index (χ3v) is 4.15. The first kappa shape index (κ1) is 17.0. The molecule has 0 saturated heterocycles. The van der Waals surface area contributed by atoms with Crippen molar-refractivity contribution in [1.29, 1.82) is 0 Å². The number of halogens is 1. The molecule has 0 radical (unpaired) electrons. The largest absolute Gasteiger partial charge is 0.365 e. The van der Waals surface area contributed by atoms with Gasteiger partial charge in [0.1, 0.15) is 5.82 Å². The summed E-state index contributed by atoms with van der Waals surface area (Å²) in [6, 6.07) is 12.9. The Morgan fingerprint density at radius 3 is 2.56 bits per heavy atom.